The van der Waals surface area contributed by atoms with Gasteiger partial charge in [0.15, 0.2) is 0 Å². The third kappa shape index (κ3) is 3.14. The van der Waals surface area contributed by atoms with E-state index in [0.717, 1.165) is 32.1 Å². The first-order valence-electron chi connectivity index (χ1n) is 7.87. The van der Waals surface area contributed by atoms with Crippen LogP contribution in [0, 0.1) is 5.92 Å². The first-order valence-corrected chi connectivity index (χ1v) is 8.92. The Kier molecular flexibility index (Phi) is 4.71. The Bertz CT molecular complexity index is 544. The van der Waals surface area contributed by atoms with Crippen LogP contribution < -0.4 is 0 Å². The highest BCUT2D eigenvalue weighted by Crippen LogP contribution is 2.37. The number of hydrogen-bond donors (Lipinski definition) is 1. The van der Waals surface area contributed by atoms with E-state index in [1.165, 1.54) is 5.56 Å². The summed E-state index contributed by atoms with van der Waals surface area (Å²) in [6.07, 6.45) is 4.61. The molecule has 1 aliphatic heterocycles. The van der Waals surface area contributed by atoms with Crippen LogP contribution >= 0.6 is 11.8 Å². The molecule has 1 N–H and O–H groups in total. The Morgan fingerprint density at radius 2 is 1.95 bits per heavy atom. The number of rotatable bonds is 5. The van der Waals surface area contributed by atoms with Crippen molar-refractivity contribution in [2.75, 3.05) is 5.75 Å². The van der Waals surface area contributed by atoms with Crippen molar-refractivity contribution in [3.8, 4) is 0 Å². The lowest BCUT2D eigenvalue weighted by atomic mass is 9.84. The summed E-state index contributed by atoms with van der Waals surface area (Å²) in [7, 11) is 0. The molecule has 2 atom stereocenters. The summed E-state index contributed by atoms with van der Waals surface area (Å²) < 4.78 is 0. The number of benzene rings is 1. The number of thioether (sulfide) groups is 1. The molecule has 22 heavy (non-hydrogen) atoms. The molecule has 0 bridgehead atoms. The molecule has 3 rings (SSSR count). The molecule has 1 aromatic rings. The summed E-state index contributed by atoms with van der Waals surface area (Å²) in [5, 5.41) is 9.40. The summed E-state index contributed by atoms with van der Waals surface area (Å²) in [5.74, 6) is -0.253. The van der Waals surface area contributed by atoms with Gasteiger partial charge in [0.1, 0.15) is 6.04 Å². The van der Waals surface area contributed by atoms with Crippen molar-refractivity contribution in [3.05, 3.63) is 35.9 Å². The molecule has 0 radical (unpaired) electrons. The first-order chi connectivity index (χ1) is 10.7. The average molecular weight is 319 g/mol. The lowest BCUT2D eigenvalue weighted by Gasteiger charge is -2.34. The van der Waals surface area contributed by atoms with Gasteiger partial charge in [-0.2, -0.15) is 0 Å². The predicted octanol–water partition coefficient (Wildman–Crippen LogP) is 2.77. The van der Waals surface area contributed by atoms with Crippen LogP contribution in [0.25, 0.3) is 0 Å². The van der Waals surface area contributed by atoms with Gasteiger partial charge in [0, 0.05) is 11.7 Å². The van der Waals surface area contributed by atoms with E-state index in [1.54, 1.807) is 16.7 Å². The van der Waals surface area contributed by atoms with Gasteiger partial charge in [-0.1, -0.05) is 36.8 Å². The van der Waals surface area contributed by atoms with E-state index >= 15 is 0 Å². The van der Waals surface area contributed by atoms with Crippen molar-refractivity contribution in [2.24, 2.45) is 5.92 Å². The highest BCUT2D eigenvalue weighted by Gasteiger charge is 2.44. The van der Waals surface area contributed by atoms with Crippen molar-refractivity contribution in [3.63, 3.8) is 0 Å². The van der Waals surface area contributed by atoms with Gasteiger partial charge in [-0.3, -0.25) is 4.79 Å². The monoisotopic (exact) mass is 319 g/mol. The minimum Gasteiger partial charge on any atom is -0.480 e. The maximum atomic E-state index is 12.6. The third-order valence-corrected chi connectivity index (χ3v) is 5.97. The summed E-state index contributed by atoms with van der Waals surface area (Å²) in [5.41, 5.74) is 1.23. The number of carbonyl (C=O) groups excluding carboxylic acids is 1. The summed E-state index contributed by atoms with van der Waals surface area (Å²) >= 11 is 1.61. The van der Waals surface area contributed by atoms with Crippen LogP contribution in [0.5, 0.6) is 0 Å². The molecule has 5 heteroatoms. The van der Waals surface area contributed by atoms with Crippen LogP contribution in [0.4, 0.5) is 0 Å². The highest BCUT2D eigenvalue weighted by atomic mass is 32.2. The smallest absolute Gasteiger partial charge is 0.327 e. The molecule has 1 saturated heterocycles. The van der Waals surface area contributed by atoms with Gasteiger partial charge >= 0.3 is 5.97 Å². The molecule has 0 aromatic heterocycles. The maximum Gasteiger partial charge on any atom is 0.327 e. The van der Waals surface area contributed by atoms with Gasteiger partial charge < -0.3 is 10.0 Å². The van der Waals surface area contributed by atoms with Crippen LogP contribution in [-0.2, 0) is 16.0 Å². The van der Waals surface area contributed by atoms with E-state index in [4.69, 9.17) is 0 Å². The van der Waals surface area contributed by atoms with Crippen LogP contribution in [0.2, 0.25) is 0 Å². The Hall–Kier alpha value is -1.49. The van der Waals surface area contributed by atoms with Crippen molar-refractivity contribution in [1.29, 1.82) is 0 Å². The summed E-state index contributed by atoms with van der Waals surface area (Å²) in [6, 6.07) is 9.50. The second-order valence-electron chi connectivity index (χ2n) is 6.04. The molecule has 1 aromatic carbocycles. The van der Waals surface area contributed by atoms with E-state index in [0.29, 0.717) is 5.75 Å². The zero-order valence-corrected chi connectivity index (χ0v) is 13.3. The second kappa shape index (κ2) is 6.73. The quantitative estimate of drug-likeness (QED) is 0.906. The standard InChI is InChI=1S/C17H21NO3S/c19-16(13-7-4-8-13)18-14(17(20)21)11-22-15(18)10-9-12-5-2-1-3-6-12/h1-3,5-6,13-15H,4,7-11H2,(H,20,21). The molecule has 2 unspecified atom stereocenters. The topological polar surface area (TPSA) is 57.6 Å². The van der Waals surface area contributed by atoms with Gasteiger partial charge in [-0.15, -0.1) is 11.8 Å². The van der Waals surface area contributed by atoms with E-state index in [9.17, 15) is 14.7 Å². The molecule has 1 heterocycles. The number of aliphatic carboxylic acids is 1. The average Bonchev–Trinajstić information content (AvgIpc) is 2.88. The van der Waals surface area contributed by atoms with E-state index in [-0.39, 0.29) is 17.2 Å². The van der Waals surface area contributed by atoms with Crippen LogP contribution in [0.1, 0.15) is 31.2 Å². The summed E-state index contributed by atoms with van der Waals surface area (Å²) in [4.78, 5) is 25.7. The molecular formula is C17H21NO3S. The lowest BCUT2D eigenvalue weighted by molar-refractivity contribution is -0.152. The number of aryl methyl sites for hydroxylation is 1. The molecule has 118 valence electrons. The zero-order chi connectivity index (χ0) is 15.5. The highest BCUT2D eigenvalue weighted by molar-refractivity contribution is 8.00. The molecule has 1 saturated carbocycles. The lowest BCUT2D eigenvalue weighted by Crippen LogP contribution is -2.49. The number of nitrogens with zero attached hydrogens (tertiary/aromatic N) is 1. The third-order valence-electron chi connectivity index (χ3n) is 4.61. The number of carbonyl (C=O) groups is 2. The van der Waals surface area contributed by atoms with E-state index in [2.05, 4.69) is 12.1 Å². The predicted molar refractivity (Wildman–Crippen MR) is 86.6 cm³/mol. The van der Waals surface area contributed by atoms with Crippen molar-refractivity contribution in [2.45, 2.75) is 43.5 Å². The number of amides is 1. The van der Waals surface area contributed by atoms with Gasteiger partial charge in [0.05, 0.1) is 5.37 Å². The molecular weight excluding hydrogens is 298 g/mol. The SMILES string of the molecule is O=C(O)C1CSC(CCc2ccccc2)N1C(=O)C1CCC1. The Morgan fingerprint density at radius 1 is 1.23 bits per heavy atom. The Balaban J connectivity index is 1.68. The number of carboxylic acid groups (broad SMARTS) is 1. The minimum absolute atomic E-state index is 0.00518. The van der Waals surface area contributed by atoms with Crippen molar-refractivity contribution < 1.29 is 14.7 Å². The minimum atomic E-state index is -0.873. The number of hydrogen-bond acceptors (Lipinski definition) is 3. The van der Waals surface area contributed by atoms with Gasteiger partial charge in [-0.25, -0.2) is 4.79 Å². The van der Waals surface area contributed by atoms with E-state index < -0.39 is 12.0 Å². The summed E-state index contributed by atoms with van der Waals surface area (Å²) in [6.45, 7) is 0. The van der Waals surface area contributed by atoms with Crippen LogP contribution in [0.3, 0.4) is 0 Å². The fourth-order valence-corrected chi connectivity index (χ4v) is 4.48. The maximum absolute atomic E-state index is 12.6. The Morgan fingerprint density at radius 3 is 2.55 bits per heavy atom. The fraction of sp³-hybridized carbons (Fsp3) is 0.529. The molecule has 2 aliphatic rings. The molecule has 1 amide bonds. The molecule has 2 fully saturated rings. The van der Waals surface area contributed by atoms with Crippen LogP contribution in [-0.4, -0.2) is 39.1 Å². The van der Waals surface area contributed by atoms with Gasteiger partial charge in [0.2, 0.25) is 5.91 Å². The fourth-order valence-electron chi connectivity index (χ4n) is 3.07. The number of carboxylic acids is 1. The molecule has 1 aliphatic carbocycles. The second-order valence-corrected chi connectivity index (χ2v) is 7.25. The Labute approximate surface area is 134 Å². The molecule has 0 spiro atoms. The molecule has 4 nitrogen and oxygen atoms in total. The largest absolute Gasteiger partial charge is 0.480 e. The first kappa shape index (κ1) is 15.4. The van der Waals surface area contributed by atoms with Crippen molar-refractivity contribution >= 4 is 23.6 Å². The van der Waals surface area contributed by atoms with Crippen molar-refractivity contribution in [1.82, 2.24) is 4.90 Å². The van der Waals surface area contributed by atoms with Gasteiger partial charge in [0.25, 0.3) is 0 Å². The van der Waals surface area contributed by atoms with E-state index in [1.807, 2.05) is 18.2 Å². The van der Waals surface area contributed by atoms with Crippen LogP contribution in [0.15, 0.2) is 30.3 Å². The normalized spacial score (nSPS) is 25.0. The van der Waals surface area contributed by atoms with Gasteiger partial charge in [-0.05, 0) is 31.2 Å². The zero-order valence-electron chi connectivity index (χ0n) is 12.5.